The quantitative estimate of drug-likeness (QED) is 0.854. The summed E-state index contributed by atoms with van der Waals surface area (Å²) in [6.07, 6.45) is 0. The first-order valence-corrected chi connectivity index (χ1v) is 7.03. The summed E-state index contributed by atoms with van der Waals surface area (Å²) in [5.74, 6) is -0.312. The summed E-state index contributed by atoms with van der Waals surface area (Å²) < 4.78 is 13.3. The van der Waals surface area contributed by atoms with Gasteiger partial charge in [-0.15, -0.1) is 0 Å². The summed E-state index contributed by atoms with van der Waals surface area (Å²) in [6, 6.07) is 8.70. The maximum absolute atomic E-state index is 13.3. The molecule has 1 aromatic carbocycles. The van der Waals surface area contributed by atoms with Gasteiger partial charge in [0.1, 0.15) is 11.4 Å². The molecule has 0 saturated carbocycles. The molecule has 0 atom stereocenters. The van der Waals surface area contributed by atoms with Gasteiger partial charge in [-0.2, -0.15) is 10.5 Å². The van der Waals surface area contributed by atoms with Crippen molar-refractivity contribution in [2.75, 3.05) is 26.2 Å². The van der Waals surface area contributed by atoms with E-state index in [-0.39, 0.29) is 5.82 Å². The molecule has 1 fully saturated rings. The zero-order chi connectivity index (χ0) is 15.5. The average molecular weight is 286 g/mol. The molecule has 0 bridgehead atoms. The molecule has 4 nitrogen and oxygen atoms in total. The van der Waals surface area contributed by atoms with Crippen LogP contribution in [0.1, 0.15) is 25.0 Å². The highest BCUT2D eigenvalue weighted by Crippen LogP contribution is 2.18. The molecule has 0 amide bonds. The molecule has 1 aliphatic rings. The van der Waals surface area contributed by atoms with E-state index in [0.29, 0.717) is 12.1 Å². The van der Waals surface area contributed by atoms with Gasteiger partial charge in [-0.3, -0.25) is 9.80 Å². The number of hydrogen-bond acceptors (Lipinski definition) is 4. The number of rotatable bonds is 3. The Bertz CT molecular complexity index is 589. The third kappa shape index (κ3) is 3.58. The van der Waals surface area contributed by atoms with Crippen molar-refractivity contribution in [1.29, 1.82) is 10.5 Å². The van der Waals surface area contributed by atoms with Crippen molar-refractivity contribution >= 4 is 0 Å². The monoisotopic (exact) mass is 286 g/mol. The molecular weight excluding hydrogens is 267 g/mol. The predicted octanol–water partition coefficient (Wildman–Crippen LogP) is 2.12. The molecule has 0 spiro atoms. The Labute approximate surface area is 125 Å². The minimum atomic E-state index is -0.456. The lowest BCUT2D eigenvalue weighted by molar-refractivity contribution is 0.0763. The summed E-state index contributed by atoms with van der Waals surface area (Å²) in [4.78, 5) is 4.35. The Morgan fingerprint density at radius 1 is 1.19 bits per heavy atom. The molecule has 1 heterocycles. The molecule has 0 N–H and O–H groups in total. The van der Waals surface area contributed by atoms with E-state index in [1.54, 1.807) is 0 Å². The van der Waals surface area contributed by atoms with Crippen molar-refractivity contribution in [2.24, 2.45) is 0 Å². The van der Waals surface area contributed by atoms with Crippen LogP contribution in [0, 0.1) is 28.5 Å². The van der Waals surface area contributed by atoms with E-state index < -0.39 is 5.54 Å². The summed E-state index contributed by atoms with van der Waals surface area (Å²) in [6.45, 7) is 7.64. The first kappa shape index (κ1) is 15.4. The zero-order valence-corrected chi connectivity index (χ0v) is 12.4. The van der Waals surface area contributed by atoms with Gasteiger partial charge in [0.2, 0.25) is 0 Å². The second-order valence-electron chi connectivity index (χ2n) is 5.85. The highest BCUT2D eigenvalue weighted by atomic mass is 19.1. The summed E-state index contributed by atoms with van der Waals surface area (Å²) in [7, 11) is 0. The van der Waals surface area contributed by atoms with Gasteiger partial charge >= 0.3 is 0 Å². The van der Waals surface area contributed by atoms with E-state index in [1.165, 1.54) is 18.2 Å². The second-order valence-corrected chi connectivity index (χ2v) is 5.85. The molecule has 0 radical (unpaired) electrons. The van der Waals surface area contributed by atoms with E-state index >= 15 is 0 Å². The van der Waals surface area contributed by atoms with E-state index in [4.69, 9.17) is 10.5 Å². The number of halogens is 1. The molecular formula is C16H19FN4. The van der Waals surface area contributed by atoms with E-state index in [2.05, 4.69) is 21.9 Å². The van der Waals surface area contributed by atoms with Gasteiger partial charge in [0.15, 0.2) is 0 Å². The number of hydrogen-bond donors (Lipinski definition) is 0. The Balaban J connectivity index is 2.00. The van der Waals surface area contributed by atoms with Gasteiger partial charge in [0.25, 0.3) is 0 Å². The van der Waals surface area contributed by atoms with E-state index in [1.807, 2.05) is 13.8 Å². The van der Waals surface area contributed by atoms with Crippen LogP contribution in [-0.2, 0) is 6.54 Å². The maximum Gasteiger partial charge on any atom is 0.123 e. The van der Waals surface area contributed by atoms with Crippen LogP contribution in [-0.4, -0.2) is 41.5 Å². The lowest BCUT2D eigenvalue weighted by atomic mass is 10.0. The number of benzene rings is 1. The van der Waals surface area contributed by atoms with Crippen LogP contribution in [0.2, 0.25) is 0 Å². The number of nitrogens with zero attached hydrogens (tertiary/aromatic N) is 4. The van der Waals surface area contributed by atoms with Crippen molar-refractivity contribution < 1.29 is 4.39 Å². The fourth-order valence-electron chi connectivity index (χ4n) is 2.58. The first-order valence-electron chi connectivity index (χ1n) is 7.03. The molecule has 1 aliphatic heterocycles. The van der Waals surface area contributed by atoms with Gasteiger partial charge in [-0.25, -0.2) is 4.39 Å². The highest BCUT2D eigenvalue weighted by Gasteiger charge is 2.29. The van der Waals surface area contributed by atoms with Crippen LogP contribution in [0.15, 0.2) is 18.2 Å². The number of nitriles is 2. The molecule has 110 valence electrons. The predicted molar refractivity (Wildman–Crippen MR) is 77.7 cm³/mol. The van der Waals surface area contributed by atoms with Crippen molar-refractivity contribution in [3.05, 3.63) is 35.1 Å². The Hall–Kier alpha value is -1.95. The normalized spacial score (nSPS) is 17.2. The Morgan fingerprint density at radius 2 is 1.86 bits per heavy atom. The standard InChI is InChI=1S/C16H19FN4/c1-16(2,12-19)21-7-5-20(6-8-21)11-14-9-15(17)4-3-13(14)10-18/h3-4,9H,5-8,11H2,1-2H3. The molecule has 0 aliphatic carbocycles. The lowest BCUT2D eigenvalue weighted by Crippen LogP contribution is -2.53. The third-order valence-corrected chi connectivity index (χ3v) is 4.02. The van der Waals surface area contributed by atoms with E-state index in [9.17, 15) is 4.39 Å². The highest BCUT2D eigenvalue weighted by molar-refractivity contribution is 5.37. The third-order valence-electron chi connectivity index (χ3n) is 4.02. The van der Waals surface area contributed by atoms with E-state index in [0.717, 1.165) is 31.7 Å². The topological polar surface area (TPSA) is 54.1 Å². The van der Waals surface area contributed by atoms with Crippen LogP contribution in [0.25, 0.3) is 0 Å². The molecule has 21 heavy (non-hydrogen) atoms. The zero-order valence-electron chi connectivity index (χ0n) is 12.4. The molecule has 0 unspecified atom stereocenters. The van der Waals surface area contributed by atoms with Gasteiger partial charge in [0, 0.05) is 32.7 Å². The van der Waals surface area contributed by atoms with Gasteiger partial charge in [0.05, 0.1) is 17.7 Å². The van der Waals surface area contributed by atoms with Crippen LogP contribution in [0.5, 0.6) is 0 Å². The van der Waals surface area contributed by atoms with Crippen LogP contribution in [0.3, 0.4) is 0 Å². The van der Waals surface area contributed by atoms with Gasteiger partial charge in [-0.1, -0.05) is 0 Å². The first-order chi connectivity index (χ1) is 9.96. The Morgan fingerprint density at radius 3 is 2.43 bits per heavy atom. The molecule has 0 aromatic heterocycles. The van der Waals surface area contributed by atoms with Crippen molar-refractivity contribution in [3.8, 4) is 12.1 Å². The molecule has 5 heteroatoms. The minimum absolute atomic E-state index is 0.312. The fourth-order valence-corrected chi connectivity index (χ4v) is 2.58. The van der Waals surface area contributed by atoms with Gasteiger partial charge in [-0.05, 0) is 37.6 Å². The summed E-state index contributed by atoms with van der Waals surface area (Å²) in [5, 5.41) is 18.2. The van der Waals surface area contributed by atoms with Crippen molar-refractivity contribution in [1.82, 2.24) is 9.80 Å². The summed E-state index contributed by atoms with van der Waals surface area (Å²) in [5.41, 5.74) is 0.796. The smallest absolute Gasteiger partial charge is 0.123 e. The molecule has 2 rings (SSSR count). The molecule has 1 saturated heterocycles. The van der Waals surface area contributed by atoms with Crippen LogP contribution in [0.4, 0.5) is 4.39 Å². The fraction of sp³-hybridized carbons (Fsp3) is 0.500. The van der Waals surface area contributed by atoms with Gasteiger partial charge < -0.3 is 0 Å². The minimum Gasteiger partial charge on any atom is -0.296 e. The molecule has 1 aromatic rings. The Kier molecular flexibility index (Phi) is 4.57. The van der Waals surface area contributed by atoms with Crippen LogP contribution >= 0.6 is 0 Å². The second kappa shape index (κ2) is 6.22. The van der Waals surface area contributed by atoms with Crippen molar-refractivity contribution in [2.45, 2.75) is 25.9 Å². The lowest BCUT2D eigenvalue weighted by Gasteiger charge is -2.40. The maximum atomic E-state index is 13.3. The largest absolute Gasteiger partial charge is 0.296 e. The number of piperazine rings is 1. The average Bonchev–Trinajstić information content (AvgIpc) is 2.48. The SMILES string of the molecule is CC(C)(C#N)N1CCN(Cc2cc(F)ccc2C#N)CC1. The van der Waals surface area contributed by atoms with Crippen LogP contribution < -0.4 is 0 Å². The van der Waals surface area contributed by atoms with Crippen molar-refractivity contribution in [3.63, 3.8) is 0 Å². The summed E-state index contributed by atoms with van der Waals surface area (Å²) >= 11 is 0.